The Balaban J connectivity index is 2.17. The Bertz CT molecular complexity index is 880. The number of carbonyl (C=O) groups excluding carboxylic acids is 1. The molecular weight excluding hydrogens is 448 g/mol. The van der Waals surface area contributed by atoms with Gasteiger partial charge in [0.05, 0.1) is 10.7 Å². The van der Waals surface area contributed by atoms with Gasteiger partial charge in [-0.05, 0) is 49.2 Å². The fraction of sp³-hybridized carbons (Fsp3) is 0.536. The lowest BCUT2D eigenvalue weighted by Crippen LogP contribution is -2.60. The van der Waals surface area contributed by atoms with Crippen molar-refractivity contribution in [1.82, 2.24) is 5.43 Å². The summed E-state index contributed by atoms with van der Waals surface area (Å²) in [4.78, 5) is 13.7. The molecule has 6 heteroatoms. The van der Waals surface area contributed by atoms with Gasteiger partial charge in [0.25, 0.3) is 5.91 Å². The second-order valence-corrected chi connectivity index (χ2v) is 10.4. The van der Waals surface area contributed by atoms with E-state index in [1.165, 1.54) is 32.1 Å². The van der Waals surface area contributed by atoms with Gasteiger partial charge in [0.1, 0.15) is 11.5 Å². The van der Waals surface area contributed by atoms with Gasteiger partial charge < -0.3 is 9.84 Å². The highest BCUT2D eigenvalue weighted by Gasteiger charge is 2.50. The molecule has 0 saturated heterocycles. The Morgan fingerprint density at radius 2 is 1.50 bits per heavy atom. The number of hydrogen-bond acceptors (Lipinski definition) is 4. The molecule has 1 unspecified atom stereocenters. The van der Waals surface area contributed by atoms with Gasteiger partial charge in [0.15, 0.2) is 5.60 Å². The van der Waals surface area contributed by atoms with Crippen molar-refractivity contribution in [3.63, 3.8) is 0 Å². The highest BCUT2D eigenvalue weighted by molar-refractivity contribution is 6.33. The number of carbonyl (C=O) groups is 1. The first kappa shape index (κ1) is 27.8. The van der Waals surface area contributed by atoms with Gasteiger partial charge in [0.2, 0.25) is 0 Å². The lowest BCUT2D eigenvalue weighted by atomic mass is 9.72. The number of unbranched alkanes of at least 4 members (excludes halogenated alkanes) is 7. The highest BCUT2D eigenvalue weighted by Crippen LogP contribution is 2.40. The van der Waals surface area contributed by atoms with Crippen molar-refractivity contribution in [2.45, 2.75) is 91.1 Å². The number of rotatable bonds is 14. The van der Waals surface area contributed by atoms with Gasteiger partial charge in [-0.2, -0.15) is 0 Å². The van der Waals surface area contributed by atoms with Gasteiger partial charge >= 0.3 is 0 Å². The normalized spacial score (nSPS) is 13.2. The summed E-state index contributed by atoms with van der Waals surface area (Å²) in [5.41, 5.74) is 4.81. The first-order valence-corrected chi connectivity index (χ1v) is 12.9. The van der Waals surface area contributed by atoms with E-state index in [0.717, 1.165) is 19.3 Å². The van der Waals surface area contributed by atoms with Crippen LogP contribution in [0, 0.1) is 5.41 Å². The highest BCUT2D eigenvalue weighted by atomic mass is 35.5. The standard InChI is InChI=1S/C28H41ClN2O3/c1-5-6-7-8-9-10-11-14-21-28(27(2,3)4,34-23-19-17-22(32)18-20-23)26(33)31-30-25-16-13-12-15-24(25)29/h12-13,15-20,30,32H,5-11,14,21H2,1-4H3,(H,31,33). The third kappa shape index (κ3) is 8.12. The topological polar surface area (TPSA) is 70.6 Å². The molecule has 2 aromatic carbocycles. The van der Waals surface area contributed by atoms with Gasteiger partial charge in [-0.3, -0.25) is 15.6 Å². The first-order valence-electron chi connectivity index (χ1n) is 12.5. The Morgan fingerprint density at radius 3 is 2.09 bits per heavy atom. The van der Waals surface area contributed by atoms with Gasteiger partial charge in [-0.1, -0.05) is 96.4 Å². The Morgan fingerprint density at radius 1 is 0.912 bits per heavy atom. The van der Waals surface area contributed by atoms with Crippen LogP contribution < -0.4 is 15.6 Å². The number of phenols is 1. The van der Waals surface area contributed by atoms with E-state index in [2.05, 4.69) is 17.8 Å². The van der Waals surface area contributed by atoms with Crippen molar-refractivity contribution in [2.75, 3.05) is 5.43 Å². The first-order chi connectivity index (χ1) is 16.2. The smallest absolute Gasteiger partial charge is 0.283 e. The van der Waals surface area contributed by atoms with E-state index in [-0.39, 0.29) is 11.7 Å². The molecule has 0 aliphatic heterocycles. The van der Waals surface area contributed by atoms with Crippen molar-refractivity contribution in [3.8, 4) is 11.5 Å². The number of aromatic hydroxyl groups is 1. The minimum Gasteiger partial charge on any atom is -0.508 e. The largest absolute Gasteiger partial charge is 0.508 e. The minimum atomic E-state index is -1.12. The van der Waals surface area contributed by atoms with Crippen LogP contribution in [0.15, 0.2) is 48.5 Å². The summed E-state index contributed by atoms with van der Waals surface area (Å²) in [6.07, 6.45) is 9.99. The van der Waals surface area contributed by atoms with Crippen LogP contribution in [0.5, 0.6) is 11.5 Å². The molecule has 1 atom stereocenters. The summed E-state index contributed by atoms with van der Waals surface area (Å²) >= 11 is 6.25. The zero-order chi connectivity index (χ0) is 25.0. The Hall–Kier alpha value is -2.40. The average Bonchev–Trinajstić information content (AvgIpc) is 2.79. The lowest BCUT2D eigenvalue weighted by molar-refractivity contribution is -0.148. The maximum Gasteiger partial charge on any atom is 0.283 e. The van der Waals surface area contributed by atoms with E-state index in [9.17, 15) is 9.90 Å². The molecule has 0 bridgehead atoms. The molecule has 2 rings (SSSR count). The molecule has 1 amide bonds. The van der Waals surface area contributed by atoms with Gasteiger partial charge in [-0.15, -0.1) is 0 Å². The maximum absolute atomic E-state index is 13.7. The van der Waals surface area contributed by atoms with E-state index in [1.807, 2.05) is 32.9 Å². The van der Waals surface area contributed by atoms with Crippen molar-refractivity contribution < 1.29 is 14.6 Å². The summed E-state index contributed by atoms with van der Waals surface area (Å²) < 4.78 is 6.47. The summed E-state index contributed by atoms with van der Waals surface area (Å²) in [6, 6.07) is 13.8. The zero-order valence-corrected chi connectivity index (χ0v) is 21.9. The molecule has 5 nitrogen and oxygen atoms in total. The summed E-state index contributed by atoms with van der Waals surface area (Å²) in [6.45, 7) is 8.29. The Labute approximate surface area is 210 Å². The Kier molecular flexibility index (Phi) is 11.0. The van der Waals surface area contributed by atoms with Crippen LogP contribution in [0.1, 0.15) is 85.5 Å². The molecule has 0 aliphatic carbocycles. The number of anilines is 1. The van der Waals surface area contributed by atoms with E-state index >= 15 is 0 Å². The van der Waals surface area contributed by atoms with Crippen LogP contribution in [0.3, 0.4) is 0 Å². The number of para-hydroxylation sites is 1. The fourth-order valence-corrected chi connectivity index (χ4v) is 4.27. The molecule has 0 radical (unpaired) electrons. The molecule has 2 aromatic rings. The summed E-state index contributed by atoms with van der Waals surface area (Å²) in [7, 11) is 0. The number of ether oxygens (including phenoxy) is 1. The van der Waals surface area contributed by atoms with Crippen LogP contribution in [-0.4, -0.2) is 16.6 Å². The summed E-state index contributed by atoms with van der Waals surface area (Å²) in [5, 5.41) is 10.2. The number of hydrogen-bond donors (Lipinski definition) is 3. The third-order valence-electron chi connectivity index (χ3n) is 6.27. The lowest BCUT2D eigenvalue weighted by Gasteiger charge is -2.43. The predicted octanol–water partition coefficient (Wildman–Crippen LogP) is 7.88. The van der Waals surface area contributed by atoms with Crippen molar-refractivity contribution in [2.24, 2.45) is 5.41 Å². The predicted molar refractivity (Wildman–Crippen MR) is 141 cm³/mol. The van der Waals surface area contributed by atoms with Crippen LogP contribution in [0.4, 0.5) is 5.69 Å². The number of halogens is 1. The molecule has 0 aliphatic rings. The monoisotopic (exact) mass is 488 g/mol. The van der Waals surface area contributed by atoms with Crippen molar-refractivity contribution >= 4 is 23.2 Å². The van der Waals surface area contributed by atoms with Crippen LogP contribution >= 0.6 is 11.6 Å². The number of benzene rings is 2. The SMILES string of the molecule is CCCCCCCCCCC(Oc1ccc(O)cc1)(C(=O)NNc1ccccc1Cl)C(C)(C)C. The molecule has 0 spiro atoms. The van der Waals surface area contributed by atoms with Crippen molar-refractivity contribution in [1.29, 1.82) is 0 Å². The molecule has 0 heterocycles. The van der Waals surface area contributed by atoms with Crippen molar-refractivity contribution in [3.05, 3.63) is 53.6 Å². The van der Waals surface area contributed by atoms with Gasteiger partial charge in [0, 0.05) is 5.41 Å². The van der Waals surface area contributed by atoms with E-state index in [4.69, 9.17) is 16.3 Å². The van der Waals surface area contributed by atoms with Gasteiger partial charge in [-0.25, -0.2) is 0 Å². The van der Waals surface area contributed by atoms with E-state index in [1.54, 1.807) is 36.4 Å². The molecule has 0 saturated carbocycles. The number of nitrogens with one attached hydrogen (secondary N) is 2. The van der Waals surface area contributed by atoms with Crippen LogP contribution in [0.2, 0.25) is 5.02 Å². The zero-order valence-electron chi connectivity index (χ0n) is 21.1. The maximum atomic E-state index is 13.7. The second kappa shape index (κ2) is 13.5. The second-order valence-electron chi connectivity index (χ2n) is 9.96. The number of amides is 1. The number of hydrazine groups is 1. The molecule has 0 fully saturated rings. The summed E-state index contributed by atoms with van der Waals surface area (Å²) in [5.74, 6) is 0.442. The molecule has 188 valence electrons. The number of phenolic OH excluding ortho intramolecular Hbond substituents is 1. The van der Waals surface area contributed by atoms with Crippen LogP contribution in [0.25, 0.3) is 0 Å². The minimum absolute atomic E-state index is 0.154. The van der Waals surface area contributed by atoms with E-state index < -0.39 is 11.0 Å². The van der Waals surface area contributed by atoms with E-state index in [0.29, 0.717) is 22.9 Å². The average molecular weight is 489 g/mol. The molecule has 34 heavy (non-hydrogen) atoms. The molecule has 3 N–H and O–H groups in total. The quantitative estimate of drug-likeness (QED) is 0.187. The molecular formula is C28H41ClN2O3. The fourth-order valence-electron chi connectivity index (χ4n) is 4.09. The molecule has 0 aromatic heterocycles. The third-order valence-corrected chi connectivity index (χ3v) is 6.60. The van der Waals surface area contributed by atoms with Crippen LogP contribution in [-0.2, 0) is 4.79 Å².